The number of fused-ring (bicyclic) bond motifs is 3. The van der Waals surface area contributed by atoms with Gasteiger partial charge in [-0.05, 0) is 29.9 Å². The summed E-state index contributed by atoms with van der Waals surface area (Å²) in [6, 6.07) is 8.57. The Morgan fingerprint density at radius 1 is 1.11 bits per heavy atom. The van der Waals surface area contributed by atoms with E-state index in [-0.39, 0.29) is 5.41 Å². The molecule has 0 saturated heterocycles. The highest BCUT2D eigenvalue weighted by Crippen LogP contribution is 2.42. The van der Waals surface area contributed by atoms with E-state index in [0.717, 1.165) is 6.54 Å². The van der Waals surface area contributed by atoms with Crippen LogP contribution in [0, 0.1) is 0 Å². The molecule has 0 saturated carbocycles. The molecule has 3 aliphatic heterocycles. The first-order valence-electron chi connectivity index (χ1n) is 6.26. The molecule has 0 aliphatic carbocycles. The fourth-order valence-corrected chi connectivity index (χ4v) is 2.91. The lowest BCUT2D eigenvalue weighted by Gasteiger charge is -2.32. The van der Waals surface area contributed by atoms with Gasteiger partial charge >= 0.3 is 0 Å². The molecule has 0 radical (unpaired) electrons. The molecule has 1 aromatic rings. The summed E-state index contributed by atoms with van der Waals surface area (Å²) in [4.78, 5) is 2.16. The van der Waals surface area contributed by atoms with Crippen molar-refractivity contribution in [2.75, 3.05) is 11.9 Å². The molecule has 88 valence electrons. The van der Waals surface area contributed by atoms with E-state index in [1.165, 1.54) is 16.9 Å². The molecule has 3 heterocycles. The van der Waals surface area contributed by atoms with Crippen LogP contribution in [0.15, 0.2) is 72.7 Å². The van der Waals surface area contributed by atoms with Gasteiger partial charge in [-0.25, -0.2) is 0 Å². The lowest BCUT2D eigenvalue weighted by molar-refractivity contribution is 0.580. The van der Waals surface area contributed by atoms with E-state index in [1.807, 2.05) is 0 Å². The quantitative estimate of drug-likeness (QED) is 0.742. The van der Waals surface area contributed by atoms with Gasteiger partial charge in [-0.2, -0.15) is 0 Å². The molecule has 0 amide bonds. The number of rotatable bonds is 0. The van der Waals surface area contributed by atoms with Gasteiger partial charge in [0.05, 0.1) is 5.41 Å². The fraction of sp³-hybridized carbons (Fsp3) is 0.125. The first-order valence-corrected chi connectivity index (χ1v) is 6.26. The topological polar surface area (TPSA) is 15.3 Å². The van der Waals surface area contributed by atoms with Crippen LogP contribution in [0.1, 0.15) is 5.56 Å². The molecule has 18 heavy (non-hydrogen) atoms. The highest BCUT2D eigenvalue weighted by atomic mass is 15.1. The van der Waals surface area contributed by atoms with Gasteiger partial charge < -0.3 is 10.2 Å². The number of benzene rings is 1. The zero-order valence-corrected chi connectivity index (χ0v) is 10.0. The predicted molar refractivity (Wildman–Crippen MR) is 74.0 cm³/mol. The van der Waals surface area contributed by atoms with Gasteiger partial charge in [0.2, 0.25) is 0 Å². The van der Waals surface area contributed by atoms with Gasteiger partial charge in [-0.15, -0.1) is 0 Å². The molecule has 4 rings (SSSR count). The fourth-order valence-electron chi connectivity index (χ4n) is 2.91. The number of nitrogens with zero attached hydrogens (tertiary/aromatic N) is 1. The van der Waals surface area contributed by atoms with Crippen LogP contribution in [0.2, 0.25) is 0 Å². The van der Waals surface area contributed by atoms with Crippen molar-refractivity contribution in [2.24, 2.45) is 0 Å². The van der Waals surface area contributed by atoms with Gasteiger partial charge in [0.1, 0.15) is 0 Å². The van der Waals surface area contributed by atoms with Crippen LogP contribution in [0.3, 0.4) is 0 Å². The molecule has 3 aliphatic rings. The lowest BCUT2D eigenvalue weighted by Crippen LogP contribution is -2.29. The van der Waals surface area contributed by atoms with E-state index >= 15 is 0 Å². The van der Waals surface area contributed by atoms with Gasteiger partial charge in [0, 0.05) is 30.3 Å². The molecule has 0 bridgehead atoms. The van der Waals surface area contributed by atoms with Crippen molar-refractivity contribution in [3.63, 3.8) is 0 Å². The van der Waals surface area contributed by atoms with Crippen molar-refractivity contribution >= 4 is 5.69 Å². The Bertz CT molecular complexity index is 622. The summed E-state index contributed by atoms with van der Waals surface area (Å²) in [5, 5.41) is 3.50. The molecular formula is C16H14N2. The van der Waals surface area contributed by atoms with Crippen molar-refractivity contribution in [1.82, 2.24) is 4.90 Å². The largest absolute Gasteiger partial charge is 0.383 e. The van der Waals surface area contributed by atoms with E-state index in [2.05, 4.69) is 77.3 Å². The Hall–Kier alpha value is -2.22. The van der Waals surface area contributed by atoms with Gasteiger partial charge in [0.15, 0.2) is 0 Å². The molecule has 1 aromatic carbocycles. The van der Waals surface area contributed by atoms with E-state index in [4.69, 9.17) is 0 Å². The Morgan fingerprint density at radius 2 is 2.06 bits per heavy atom. The molecular weight excluding hydrogens is 220 g/mol. The summed E-state index contributed by atoms with van der Waals surface area (Å²) in [6.07, 6.45) is 15.2. The average Bonchev–Trinajstić information content (AvgIpc) is 2.78. The summed E-state index contributed by atoms with van der Waals surface area (Å²) in [7, 11) is 0. The minimum Gasteiger partial charge on any atom is -0.383 e. The van der Waals surface area contributed by atoms with Crippen LogP contribution in [0.4, 0.5) is 5.69 Å². The smallest absolute Gasteiger partial charge is 0.0545 e. The van der Waals surface area contributed by atoms with Gasteiger partial charge in [-0.3, -0.25) is 0 Å². The third kappa shape index (κ3) is 1.23. The second-order valence-corrected chi connectivity index (χ2v) is 4.93. The molecule has 1 unspecified atom stereocenters. The molecule has 0 aromatic heterocycles. The second-order valence-electron chi connectivity index (χ2n) is 4.93. The first kappa shape index (κ1) is 9.77. The van der Waals surface area contributed by atoms with E-state index in [9.17, 15) is 0 Å². The van der Waals surface area contributed by atoms with E-state index in [0.29, 0.717) is 0 Å². The molecule has 1 N–H and O–H groups in total. The summed E-state index contributed by atoms with van der Waals surface area (Å²) in [5.74, 6) is 0. The van der Waals surface area contributed by atoms with E-state index in [1.54, 1.807) is 0 Å². The minimum atomic E-state index is 0.0119. The van der Waals surface area contributed by atoms with Crippen molar-refractivity contribution in [2.45, 2.75) is 5.41 Å². The Morgan fingerprint density at radius 3 is 3.06 bits per heavy atom. The SMILES string of the molecule is C1=CC2=CC3(C=CN2C=C1)CNc1ccccc13. The first-order chi connectivity index (χ1) is 8.87. The molecule has 2 heteroatoms. The van der Waals surface area contributed by atoms with Crippen molar-refractivity contribution in [3.05, 3.63) is 78.3 Å². The number of nitrogens with one attached hydrogen (secondary N) is 1. The zero-order valence-electron chi connectivity index (χ0n) is 10.0. The minimum absolute atomic E-state index is 0.0119. The number of hydrogen-bond donors (Lipinski definition) is 1. The highest BCUT2D eigenvalue weighted by molar-refractivity contribution is 5.65. The lowest BCUT2D eigenvalue weighted by atomic mass is 9.80. The Labute approximate surface area is 107 Å². The summed E-state index contributed by atoms with van der Waals surface area (Å²) in [6.45, 7) is 0.942. The van der Waals surface area contributed by atoms with Crippen LogP contribution in [-0.4, -0.2) is 11.4 Å². The third-order valence-electron chi connectivity index (χ3n) is 3.86. The Balaban J connectivity index is 1.86. The normalized spacial score (nSPS) is 26.9. The van der Waals surface area contributed by atoms with Crippen molar-refractivity contribution in [1.29, 1.82) is 0 Å². The van der Waals surface area contributed by atoms with Crippen LogP contribution in [-0.2, 0) is 5.41 Å². The zero-order chi connectivity index (χ0) is 12.0. The standard InChI is InChI=1S/C16H14N2/c1-2-7-15-14(6-1)16(12-17-15)8-10-18-9-4-3-5-13(18)11-16/h1-11,17H,12H2. The van der Waals surface area contributed by atoms with Gasteiger partial charge in [-0.1, -0.05) is 30.4 Å². The average molecular weight is 234 g/mol. The Kier molecular flexibility index (Phi) is 1.84. The maximum Gasteiger partial charge on any atom is 0.0545 e. The maximum atomic E-state index is 3.50. The number of para-hydroxylation sites is 1. The van der Waals surface area contributed by atoms with Crippen LogP contribution < -0.4 is 5.32 Å². The number of anilines is 1. The summed E-state index contributed by atoms with van der Waals surface area (Å²) < 4.78 is 0. The number of allylic oxidation sites excluding steroid dienone is 3. The molecule has 1 spiro atoms. The van der Waals surface area contributed by atoms with Crippen molar-refractivity contribution in [3.8, 4) is 0 Å². The monoisotopic (exact) mass is 234 g/mol. The van der Waals surface area contributed by atoms with Crippen LogP contribution in [0.5, 0.6) is 0 Å². The second kappa shape index (κ2) is 3.39. The molecule has 1 atom stereocenters. The van der Waals surface area contributed by atoms with Gasteiger partial charge in [0.25, 0.3) is 0 Å². The molecule has 2 nitrogen and oxygen atoms in total. The maximum absolute atomic E-state index is 3.50. The predicted octanol–water partition coefficient (Wildman–Crippen LogP) is 3.15. The third-order valence-corrected chi connectivity index (χ3v) is 3.86. The van der Waals surface area contributed by atoms with E-state index < -0.39 is 0 Å². The summed E-state index contributed by atoms with van der Waals surface area (Å²) >= 11 is 0. The highest BCUT2D eigenvalue weighted by Gasteiger charge is 2.37. The molecule has 0 fully saturated rings. The summed E-state index contributed by atoms with van der Waals surface area (Å²) in [5.41, 5.74) is 3.88. The van der Waals surface area contributed by atoms with Crippen LogP contribution in [0.25, 0.3) is 0 Å². The van der Waals surface area contributed by atoms with Crippen molar-refractivity contribution < 1.29 is 0 Å². The van der Waals surface area contributed by atoms with Crippen LogP contribution >= 0.6 is 0 Å². The number of hydrogen-bond acceptors (Lipinski definition) is 2.